The molecule has 0 aliphatic rings. The monoisotopic (exact) mass is 273 g/mol. The molecule has 1 aromatic carbocycles. The lowest BCUT2D eigenvalue weighted by atomic mass is 10.2. The van der Waals surface area contributed by atoms with Crippen LogP contribution in [-0.2, 0) is 0 Å². The number of hydrogen-bond donors (Lipinski definition) is 0. The molecule has 0 saturated carbocycles. The Bertz CT molecular complexity index is 357. The van der Waals surface area contributed by atoms with Crippen LogP contribution < -0.4 is 0 Å². The largest absolute Gasteiger partial charge is 0.192 e. The molecule has 0 fully saturated rings. The number of nitrogens with zero attached hydrogens (tertiary/aromatic N) is 1. The van der Waals surface area contributed by atoms with Gasteiger partial charge < -0.3 is 0 Å². The number of hydrogen-bond acceptors (Lipinski definition) is 3. The van der Waals surface area contributed by atoms with Gasteiger partial charge in [-0.1, -0.05) is 0 Å². The molecule has 0 atom stereocenters. The molecule has 0 unspecified atom stereocenters. The second-order valence-corrected chi connectivity index (χ2v) is 4.79. The van der Waals surface area contributed by atoms with Gasteiger partial charge >= 0.3 is 0 Å². The van der Waals surface area contributed by atoms with Crippen LogP contribution in [0.5, 0.6) is 0 Å². The minimum atomic E-state index is 0.773. The lowest BCUT2D eigenvalue weighted by Crippen LogP contribution is -1.86. The summed E-state index contributed by atoms with van der Waals surface area (Å²) in [7, 11) is 0. The lowest BCUT2D eigenvalue weighted by Gasteiger charge is -2.06. The molecule has 13 heavy (non-hydrogen) atoms. The Balaban J connectivity index is 3.39. The third-order valence-electron chi connectivity index (χ3n) is 1.61. The summed E-state index contributed by atoms with van der Waals surface area (Å²) in [6.07, 6.45) is 3.96. The third-order valence-corrected chi connectivity index (χ3v) is 4.14. The zero-order chi connectivity index (χ0) is 9.84. The highest BCUT2D eigenvalue weighted by Gasteiger charge is 2.09. The molecule has 0 aromatic heterocycles. The molecule has 4 heteroatoms. The molecule has 0 heterocycles. The summed E-state index contributed by atoms with van der Waals surface area (Å²) >= 11 is 6.63. The first kappa shape index (κ1) is 11.0. The molecule has 0 spiro atoms. The van der Waals surface area contributed by atoms with Gasteiger partial charge in [-0.3, -0.25) is 0 Å². The maximum atomic E-state index is 8.99. The molecule has 1 nitrogen and oxygen atoms in total. The van der Waals surface area contributed by atoms with E-state index in [-0.39, 0.29) is 0 Å². The van der Waals surface area contributed by atoms with Gasteiger partial charge in [0.15, 0.2) is 0 Å². The fraction of sp³-hybridized carbons (Fsp3) is 0.222. The van der Waals surface area contributed by atoms with E-state index in [1.165, 1.54) is 0 Å². The van der Waals surface area contributed by atoms with E-state index in [4.69, 9.17) is 5.26 Å². The van der Waals surface area contributed by atoms with Crippen molar-refractivity contribution >= 4 is 39.5 Å². The van der Waals surface area contributed by atoms with E-state index >= 15 is 0 Å². The van der Waals surface area contributed by atoms with Gasteiger partial charge in [0, 0.05) is 14.3 Å². The predicted octanol–water partition coefficient (Wildman–Crippen LogP) is 3.76. The zero-order valence-electron chi connectivity index (χ0n) is 7.30. The van der Waals surface area contributed by atoms with Crippen molar-refractivity contribution in [3.8, 4) is 6.07 Å². The first-order valence-electron chi connectivity index (χ1n) is 3.55. The van der Waals surface area contributed by atoms with Crippen LogP contribution in [-0.4, -0.2) is 12.5 Å². The van der Waals surface area contributed by atoms with Crippen molar-refractivity contribution in [3.05, 3.63) is 22.2 Å². The van der Waals surface area contributed by atoms with Gasteiger partial charge in [0.05, 0.1) is 5.56 Å². The quantitative estimate of drug-likeness (QED) is 0.767. The second kappa shape index (κ2) is 4.94. The number of benzene rings is 1. The molecule has 0 radical (unpaired) electrons. The zero-order valence-corrected chi connectivity index (χ0v) is 10.5. The Morgan fingerprint density at radius 3 is 2.46 bits per heavy atom. The third kappa shape index (κ3) is 2.22. The first-order valence-corrected chi connectivity index (χ1v) is 6.79. The van der Waals surface area contributed by atoms with Crippen molar-refractivity contribution in [1.82, 2.24) is 0 Å². The first-order chi connectivity index (χ1) is 6.24. The molecule has 68 valence electrons. The van der Waals surface area contributed by atoms with Crippen molar-refractivity contribution in [1.29, 1.82) is 5.26 Å². The minimum absolute atomic E-state index is 0.773. The average Bonchev–Trinajstić information content (AvgIpc) is 2.17. The highest BCUT2D eigenvalue weighted by Crippen LogP contribution is 2.34. The fourth-order valence-electron chi connectivity index (χ4n) is 1.01. The molecular weight excluding hydrogens is 266 g/mol. The summed E-state index contributed by atoms with van der Waals surface area (Å²) in [5, 5.41) is 8.99. The van der Waals surface area contributed by atoms with Gasteiger partial charge in [0.25, 0.3) is 0 Å². The van der Waals surface area contributed by atoms with Gasteiger partial charge in [-0.15, -0.1) is 23.5 Å². The average molecular weight is 274 g/mol. The summed E-state index contributed by atoms with van der Waals surface area (Å²) in [5.74, 6) is 0. The Labute approximate surface area is 95.0 Å². The van der Waals surface area contributed by atoms with E-state index in [0.29, 0.717) is 0 Å². The molecule has 0 aliphatic carbocycles. The van der Waals surface area contributed by atoms with Crippen molar-refractivity contribution in [3.63, 3.8) is 0 Å². The summed E-state index contributed by atoms with van der Waals surface area (Å²) in [6, 6.07) is 6.19. The van der Waals surface area contributed by atoms with Crippen molar-refractivity contribution in [2.75, 3.05) is 12.5 Å². The highest BCUT2D eigenvalue weighted by molar-refractivity contribution is 9.10. The highest BCUT2D eigenvalue weighted by atomic mass is 79.9. The standard InChI is InChI=1S/C9H8BrNS2/c1-12-8-4-3-7(10)9(13-2)6(8)5-11/h3-4H,1-2H3. The molecule has 0 N–H and O–H groups in total. The van der Waals surface area contributed by atoms with Crippen LogP contribution in [0.15, 0.2) is 26.4 Å². The number of nitriles is 1. The van der Waals surface area contributed by atoms with Crippen LogP contribution in [0.4, 0.5) is 0 Å². The van der Waals surface area contributed by atoms with Crippen LogP contribution in [0.25, 0.3) is 0 Å². The summed E-state index contributed by atoms with van der Waals surface area (Å²) < 4.78 is 0.995. The SMILES string of the molecule is CSc1ccc(Br)c(SC)c1C#N. The minimum Gasteiger partial charge on any atom is -0.192 e. The number of thioether (sulfide) groups is 2. The molecule has 0 aliphatic heterocycles. The van der Waals surface area contributed by atoms with Crippen molar-refractivity contribution in [2.24, 2.45) is 0 Å². The lowest BCUT2D eigenvalue weighted by molar-refractivity contribution is 1.24. The molecule has 1 rings (SSSR count). The van der Waals surface area contributed by atoms with E-state index < -0.39 is 0 Å². The summed E-state index contributed by atoms with van der Waals surface area (Å²) in [5.41, 5.74) is 0.773. The maximum Gasteiger partial charge on any atom is 0.102 e. The van der Waals surface area contributed by atoms with E-state index in [1.54, 1.807) is 23.5 Å². The van der Waals surface area contributed by atoms with E-state index in [1.807, 2.05) is 24.6 Å². The smallest absolute Gasteiger partial charge is 0.102 e. The molecular formula is C9H8BrNS2. The Hall–Kier alpha value is -0.110. The fourth-order valence-corrected chi connectivity index (χ4v) is 3.07. The second-order valence-electron chi connectivity index (χ2n) is 2.27. The van der Waals surface area contributed by atoms with Crippen LogP contribution in [0.2, 0.25) is 0 Å². The topological polar surface area (TPSA) is 23.8 Å². The van der Waals surface area contributed by atoms with E-state index in [9.17, 15) is 0 Å². The number of halogens is 1. The number of rotatable bonds is 2. The van der Waals surface area contributed by atoms with Gasteiger partial charge in [-0.05, 0) is 40.6 Å². The normalized spacial score (nSPS) is 9.69. The summed E-state index contributed by atoms with van der Waals surface area (Å²) in [4.78, 5) is 2.06. The van der Waals surface area contributed by atoms with Gasteiger partial charge in [0.1, 0.15) is 6.07 Å². The van der Waals surface area contributed by atoms with Crippen LogP contribution in [0.3, 0.4) is 0 Å². The Kier molecular flexibility index (Phi) is 4.17. The van der Waals surface area contributed by atoms with Crippen LogP contribution in [0, 0.1) is 11.3 Å². The predicted molar refractivity (Wildman–Crippen MR) is 62.4 cm³/mol. The van der Waals surface area contributed by atoms with E-state index in [0.717, 1.165) is 19.8 Å². The molecule has 0 saturated heterocycles. The van der Waals surface area contributed by atoms with E-state index in [2.05, 4.69) is 22.0 Å². The van der Waals surface area contributed by atoms with Gasteiger partial charge in [-0.25, -0.2) is 0 Å². The molecule has 1 aromatic rings. The van der Waals surface area contributed by atoms with Crippen molar-refractivity contribution in [2.45, 2.75) is 9.79 Å². The van der Waals surface area contributed by atoms with Gasteiger partial charge in [-0.2, -0.15) is 5.26 Å². The Morgan fingerprint density at radius 1 is 1.31 bits per heavy atom. The van der Waals surface area contributed by atoms with Crippen molar-refractivity contribution < 1.29 is 0 Å². The summed E-state index contributed by atoms with van der Waals surface area (Å²) in [6.45, 7) is 0. The van der Waals surface area contributed by atoms with Crippen LogP contribution in [0.1, 0.15) is 5.56 Å². The van der Waals surface area contributed by atoms with Gasteiger partial charge in [0.2, 0.25) is 0 Å². The molecule has 0 bridgehead atoms. The molecule has 0 amide bonds. The Morgan fingerprint density at radius 2 is 2.00 bits per heavy atom. The van der Waals surface area contributed by atoms with Crippen LogP contribution >= 0.6 is 39.5 Å². The maximum absolute atomic E-state index is 8.99.